The average Bonchev–Trinajstić information content (AvgIpc) is 3.23. The lowest BCUT2D eigenvalue weighted by atomic mass is 9.72. The average molecular weight is 388 g/mol. The second-order valence-electron chi connectivity index (χ2n) is 9.28. The first-order valence-electron chi connectivity index (χ1n) is 10.7. The molecule has 7 heteroatoms. The Morgan fingerprint density at radius 2 is 2.04 bits per heavy atom. The maximum Gasteiger partial charge on any atom is 0.228 e. The number of aromatic amines is 1. The van der Waals surface area contributed by atoms with Gasteiger partial charge in [0.05, 0.1) is 6.33 Å². The minimum absolute atomic E-state index is 0.0685. The number of carbonyl (C=O) groups excluding carboxylic acids is 2. The lowest BCUT2D eigenvalue weighted by Crippen LogP contribution is -2.58. The molecule has 3 saturated heterocycles. The molecule has 0 radical (unpaired) electrons. The molecule has 0 aromatic carbocycles. The number of carbonyl (C=O) groups is 2. The van der Waals surface area contributed by atoms with Crippen LogP contribution < -0.4 is 5.32 Å². The van der Waals surface area contributed by atoms with Crippen molar-refractivity contribution in [2.75, 3.05) is 39.3 Å². The monoisotopic (exact) mass is 387 g/mol. The van der Waals surface area contributed by atoms with Crippen LogP contribution in [0.3, 0.4) is 0 Å². The van der Waals surface area contributed by atoms with E-state index >= 15 is 0 Å². The van der Waals surface area contributed by atoms with Crippen molar-refractivity contribution in [3.05, 3.63) is 18.2 Å². The molecule has 4 rings (SSSR count). The van der Waals surface area contributed by atoms with Gasteiger partial charge in [-0.3, -0.25) is 9.59 Å². The maximum absolute atomic E-state index is 13.3. The number of piperidine rings is 3. The van der Waals surface area contributed by atoms with Gasteiger partial charge in [-0.2, -0.15) is 0 Å². The molecule has 3 fully saturated rings. The second-order valence-corrected chi connectivity index (χ2v) is 9.28. The van der Waals surface area contributed by atoms with Crippen LogP contribution in [0.25, 0.3) is 0 Å². The van der Waals surface area contributed by atoms with E-state index in [1.807, 2.05) is 11.1 Å². The first-order valence-corrected chi connectivity index (χ1v) is 10.7. The zero-order chi connectivity index (χ0) is 19.6. The Kier molecular flexibility index (Phi) is 5.45. The van der Waals surface area contributed by atoms with Gasteiger partial charge in [0.1, 0.15) is 0 Å². The van der Waals surface area contributed by atoms with Crippen LogP contribution in [0.5, 0.6) is 0 Å². The molecule has 3 aliphatic rings. The lowest BCUT2D eigenvalue weighted by Gasteiger charge is -2.50. The van der Waals surface area contributed by atoms with Crippen molar-refractivity contribution in [2.24, 2.45) is 10.8 Å². The number of H-pyrrole nitrogens is 1. The van der Waals surface area contributed by atoms with Gasteiger partial charge in [-0.25, -0.2) is 4.98 Å². The standard InChI is InChI=1S/C21H33N5O2/c1-20(7-9-22-10-8-20)19(28)26-11-2-5-21(15-26)6-3-18(27)25(14-21)12-4-17-13-23-16-24-17/h13,16,22H,2-12,14-15H2,1H3,(H,23,24). The lowest BCUT2D eigenvalue weighted by molar-refractivity contribution is -0.150. The summed E-state index contributed by atoms with van der Waals surface area (Å²) in [6.45, 7) is 7.17. The van der Waals surface area contributed by atoms with E-state index < -0.39 is 0 Å². The summed E-state index contributed by atoms with van der Waals surface area (Å²) in [6.07, 6.45) is 9.82. The molecule has 1 atom stereocenters. The maximum atomic E-state index is 13.3. The van der Waals surface area contributed by atoms with Crippen molar-refractivity contribution < 1.29 is 9.59 Å². The largest absolute Gasteiger partial charge is 0.348 e. The highest BCUT2D eigenvalue weighted by atomic mass is 16.2. The molecule has 28 heavy (non-hydrogen) atoms. The van der Waals surface area contributed by atoms with Gasteiger partial charge < -0.3 is 20.1 Å². The topological polar surface area (TPSA) is 81.3 Å². The van der Waals surface area contributed by atoms with E-state index in [2.05, 4.69) is 27.1 Å². The fourth-order valence-corrected chi connectivity index (χ4v) is 5.27. The summed E-state index contributed by atoms with van der Waals surface area (Å²) in [5, 5.41) is 3.37. The van der Waals surface area contributed by atoms with Crippen molar-refractivity contribution in [2.45, 2.75) is 51.9 Å². The van der Waals surface area contributed by atoms with Crippen LogP contribution in [0.4, 0.5) is 0 Å². The van der Waals surface area contributed by atoms with Gasteiger partial charge in [0.15, 0.2) is 0 Å². The molecule has 154 valence electrons. The van der Waals surface area contributed by atoms with E-state index in [9.17, 15) is 9.59 Å². The molecule has 2 amide bonds. The number of nitrogens with zero attached hydrogens (tertiary/aromatic N) is 3. The molecule has 1 aromatic rings. The highest BCUT2D eigenvalue weighted by Crippen LogP contribution is 2.41. The van der Waals surface area contributed by atoms with Gasteiger partial charge in [-0.05, 0) is 45.2 Å². The Morgan fingerprint density at radius 1 is 1.21 bits per heavy atom. The molecular formula is C21H33N5O2. The van der Waals surface area contributed by atoms with Crippen LogP contribution in [-0.4, -0.2) is 70.9 Å². The third-order valence-corrected chi connectivity index (χ3v) is 7.13. The van der Waals surface area contributed by atoms with Gasteiger partial charge in [-0.1, -0.05) is 6.92 Å². The van der Waals surface area contributed by atoms with Gasteiger partial charge in [0, 0.05) is 61.7 Å². The Labute approximate surface area is 167 Å². The first-order chi connectivity index (χ1) is 13.5. The summed E-state index contributed by atoms with van der Waals surface area (Å²) >= 11 is 0. The Hall–Kier alpha value is -1.89. The number of aromatic nitrogens is 2. The summed E-state index contributed by atoms with van der Waals surface area (Å²) < 4.78 is 0. The Balaban J connectivity index is 1.41. The minimum atomic E-state index is -0.228. The zero-order valence-corrected chi connectivity index (χ0v) is 17.0. The number of hydrogen-bond donors (Lipinski definition) is 2. The fourth-order valence-electron chi connectivity index (χ4n) is 5.27. The van der Waals surface area contributed by atoms with Crippen LogP contribution in [0.2, 0.25) is 0 Å². The van der Waals surface area contributed by atoms with E-state index in [0.717, 1.165) is 83.5 Å². The van der Waals surface area contributed by atoms with Gasteiger partial charge >= 0.3 is 0 Å². The van der Waals surface area contributed by atoms with Crippen molar-refractivity contribution in [1.82, 2.24) is 25.1 Å². The molecule has 1 spiro atoms. The van der Waals surface area contributed by atoms with E-state index in [1.54, 1.807) is 6.33 Å². The third kappa shape index (κ3) is 3.95. The van der Waals surface area contributed by atoms with E-state index in [-0.39, 0.29) is 16.7 Å². The molecule has 0 saturated carbocycles. The van der Waals surface area contributed by atoms with E-state index in [4.69, 9.17) is 0 Å². The van der Waals surface area contributed by atoms with E-state index in [1.165, 1.54) is 0 Å². The molecule has 0 bridgehead atoms. The molecule has 7 nitrogen and oxygen atoms in total. The molecule has 2 N–H and O–H groups in total. The Morgan fingerprint density at radius 3 is 2.79 bits per heavy atom. The van der Waals surface area contributed by atoms with Crippen molar-refractivity contribution in [3.8, 4) is 0 Å². The number of amides is 2. The normalized spacial score (nSPS) is 28.0. The fraction of sp³-hybridized carbons (Fsp3) is 0.762. The van der Waals surface area contributed by atoms with Crippen LogP contribution in [0.1, 0.15) is 51.1 Å². The number of rotatable bonds is 4. The third-order valence-electron chi connectivity index (χ3n) is 7.13. The first kappa shape index (κ1) is 19.4. The quantitative estimate of drug-likeness (QED) is 0.822. The summed E-state index contributed by atoms with van der Waals surface area (Å²) in [5.74, 6) is 0.577. The van der Waals surface area contributed by atoms with Crippen LogP contribution >= 0.6 is 0 Å². The molecule has 1 aromatic heterocycles. The van der Waals surface area contributed by atoms with E-state index in [0.29, 0.717) is 12.3 Å². The highest BCUT2D eigenvalue weighted by Gasteiger charge is 2.45. The van der Waals surface area contributed by atoms with Crippen LogP contribution in [0, 0.1) is 10.8 Å². The minimum Gasteiger partial charge on any atom is -0.348 e. The van der Waals surface area contributed by atoms with Crippen molar-refractivity contribution in [3.63, 3.8) is 0 Å². The second kappa shape index (κ2) is 7.85. The number of likely N-dealkylation sites (tertiary alicyclic amines) is 2. The molecule has 3 aliphatic heterocycles. The predicted molar refractivity (Wildman–Crippen MR) is 107 cm³/mol. The predicted octanol–water partition coefficient (Wildman–Crippen LogP) is 1.57. The highest BCUT2D eigenvalue weighted by molar-refractivity contribution is 5.83. The summed E-state index contributed by atoms with van der Waals surface area (Å²) in [7, 11) is 0. The Bertz CT molecular complexity index is 698. The van der Waals surface area contributed by atoms with Gasteiger partial charge in [0.25, 0.3) is 0 Å². The van der Waals surface area contributed by atoms with Crippen LogP contribution in [-0.2, 0) is 16.0 Å². The number of nitrogens with one attached hydrogen (secondary N) is 2. The molecular weight excluding hydrogens is 354 g/mol. The van der Waals surface area contributed by atoms with Gasteiger partial charge in [0.2, 0.25) is 11.8 Å². The summed E-state index contributed by atoms with van der Waals surface area (Å²) in [5.41, 5.74) is 0.903. The zero-order valence-electron chi connectivity index (χ0n) is 17.0. The number of hydrogen-bond acceptors (Lipinski definition) is 4. The molecule has 0 aliphatic carbocycles. The van der Waals surface area contributed by atoms with Gasteiger partial charge in [-0.15, -0.1) is 0 Å². The SMILES string of the molecule is CC1(C(=O)N2CCCC3(CCC(=O)N(CCc4cnc[nH]4)C3)C2)CCNCC1. The van der Waals surface area contributed by atoms with Crippen LogP contribution in [0.15, 0.2) is 12.5 Å². The number of imidazole rings is 1. The molecule has 4 heterocycles. The molecule has 1 unspecified atom stereocenters. The summed E-state index contributed by atoms with van der Waals surface area (Å²) in [6, 6.07) is 0. The van der Waals surface area contributed by atoms with Crippen molar-refractivity contribution >= 4 is 11.8 Å². The van der Waals surface area contributed by atoms with Crippen molar-refractivity contribution in [1.29, 1.82) is 0 Å². The smallest absolute Gasteiger partial charge is 0.228 e. The summed E-state index contributed by atoms with van der Waals surface area (Å²) in [4.78, 5) is 37.2.